The van der Waals surface area contributed by atoms with Gasteiger partial charge in [0.05, 0.1) is 5.69 Å². The second-order valence-electron chi connectivity index (χ2n) is 4.11. The molecule has 2 N–H and O–H groups in total. The van der Waals surface area contributed by atoms with E-state index in [1.807, 2.05) is 4.68 Å². The van der Waals surface area contributed by atoms with E-state index >= 15 is 0 Å². The van der Waals surface area contributed by atoms with Crippen molar-refractivity contribution in [1.29, 1.82) is 0 Å². The van der Waals surface area contributed by atoms with E-state index in [2.05, 4.69) is 25.1 Å². The van der Waals surface area contributed by atoms with Crippen LogP contribution in [0.1, 0.15) is 50.0 Å². The van der Waals surface area contributed by atoms with E-state index in [0.717, 1.165) is 18.5 Å². The van der Waals surface area contributed by atoms with Crippen molar-refractivity contribution in [1.82, 2.24) is 9.78 Å². The van der Waals surface area contributed by atoms with Crippen LogP contribution in [0.2, 0.25) is 0 Å². The molecule has 1 atom stereocenters. The zero-order valence-corrected chi connectivity index (χ0v) is 8.33. The molecule has 1 unspecified atom stereocenters. The summed E-state index contributed by atoms with van der Waals surface area (Å²) in [5.74, 6) is 0. The van der Waals surface area contributed by atoms with Gasteiger partial charge in [0.2, 0.25) is 0 Å². The molecule has 1 aromatic rings. The van der Waals surface area contributed by atoms with Crippen molar-refractivity contribution in [2.24, 2.45) is 5.73 Å². The molecule has 0 amide bonds. The highest BCUT2D eigenvalue weighted by Gasteiger charge is 2.20. The summed E-state index contributed by atoms with van der Waals surface area (Å²) in [7, 11) is 0. The lowest BCUT2D eigenvalue weighted by Crippen LogP contribution is -2.17. The van der Waals surface area contributed by atoms with Gasteiger partial charge in [-0.2, -0.15) is 5.10 Å². The van der Waals surface area contributed by atoms with Gasteiger partial charge in [-0.05, 0) is 38.7 Å². The molecule has 2 rings (SSSR count). The summed E-state index contributed by atoms with van der Waals surface area (Å²) in [6, 6.07) is 0.613. The lowest BCUT2D eigenvalue weighted by molar-refractivity contribution is 0.507. The smallest absolute Gasteiger partial charge is 0.0823 e. The Kier molecular flexibility index (Phi) is 2.12. The van der Waals surface area contributed by atoms with E-state index in [-0.39, 0.29) is 6.04 Å². The van der Waals surface area contributed by atoms with Gasteiger partial charge in [-0.25, -0.2) is 0 Å². The quantitative estimate of drug-likeness (QED) is 0.714. The standard InChI is InChI=1S/C10H17N3/c1-7(2)13-6-8-4-3-5-9(11)10(8)12-13/h6-7,9H,3-5,11H2,1-2H3. The van der Waals surface area contributed by atoms with Crippen LogP contribution in [0.25, 0.3) is 0 Å². The Morgan fingerprint density at radius 1 is 1.62 bits per heavy atom. The first-order chi connectivity index (χ1) is 6.18. The minimum absolute atomic E-state index is 0.170. The first-order valence-corrected chi connectivity index (χ1v) is 5.02. The molecule has 3 heteroatoms. The monoisotopic (exact) mass is 179 g/mol. The SMILES string of the molecule is CC(C)n1cc2c(n1)C(N)CCC2. The second kappa shape index (κ2) is 3.14. The minimum Gasteiger partial charge on any atom is -0.323 e. The predicted octanol–water partition coefficient (Wildman–Crippen LogP) is 1.80. The van der Waals surface area contributed by atoms with E-state index in [4.69, 9.17) is 5.73 Å². The van der Waals surface area contributed by atoms with Crippen LogP contribution >= 0.6 is 0 Å². The third kappa shape index (κ3) is 1.48. The van der Waals surface area contributed by atoms with Gasteiger partial charge >= 0.3 is 0 Å². The third-order valence-electron chi connectivity index (χ3n) is 2.68. The summed E-state index contributed by atoms with van der Waals surface area (Å²) in [5, 5.41) is 4.52. The summed E-state index contributed by atoms with van der Waals surface area (Å²) < 4.78 is 2.02. The minimum atomic E-state index is 0.170. The average Bonchev–Trinajstić information content (AvgIpc) is 2.49. The van der Waals surface area contributed by atoms with Crippen molar-refractivity contribution in [2.75, 3.05) is 0 Å². The first-order valence-electron chi connectivity index (χ1n) is 5.02. The molecule has 1 heterocycles. The molecule has 0 aliphatic heterocycles. The molecule has 0 aromatic carbocycles. The van der Waals surface area contributed by atoms with Gasteiger partial charge in [-0.3, -0.25) is 4.68 Å². The molecule has 13 heavy (non-hydrogen) atoms. The Balaban J connectivity index is 2.36. The Morgan fingerprint density at radius 3 is 3.00 bits per heavy atom. The average molecular weight is 179 g/mol. The van der Waals surface area contributed by atoms with E-state index < -0.39 is 0 Å². The van der Waals surface area contributed by atoms with Gasteiger partial charge in [-0.15, -0.1) is 0 Å². The number of nitrogens with two attached hydrogens (primary N) is 1. The van der Waals surface area contributed by atoms with Crippen molar-refractivity contribution in [3.05, 3.63) is 17.5 Å². The van der Waals surface area contributed by atoms with Gasteiger partial charge in [0.25, 0.3) is 0 Å². The highest BCUT2D eigenvalue weighted by Crippen LogP contribution is 2.27. The summed E-state index contributed by atoms with van der Waals surface area (Å²) in [6.45, 7) is 4.29. The molecular weight excluding hydrogens is 162 g/mol. The fraction of sp³-hybridized carbons (Fsp3) is 0.700. The normalized spacial score (nSPS) is 22.0. The number of rotatable bonds is 1. The topological polar surface area (TPSA) is 43.8 Å². The van der Waals surface area contributed by atoms with Gasteiger partial charge in [-0.1, -0.05) is 0 Å². The van der Waals surface area contributed by atoms with Crippen molar-refractivity contribution in [2.45, 2.75) is 45.2 Å². The summed E-state index contributed by atoms with van der Waals surface area (Å²) >= 11 is 0. The van der Waals surface area contributed by atoms with Gasteiger partial charge in [0, 0.05) is 18.3 Å². The molecule has 1 aliphatic carbocycles. The number of fused-ring (bicyclic) bond motifs is 1. The Morgan fingerprint density at radius 2 is 2.38 bits per heavy atom. The number of aromatic nitrogens is 2. The van der Waals surface area contributed by atoms with Gasteiger partial charge in [0.15, 0.2) is 0 Å². The summed E-state index contributed by atoms with van der Waals surface area (Å²) in [4.78, 5) is 0. The van der Waals surface area contributed by atoms with Crippen molar-refractivity contribution < 1.29 is 0 Å². The highest BCUT2D eigenvalue weighted by molar-refractivity contribution is 5.23. The van der Waals surface area contributed by atoms with E-state index in [1.165, 1.54) is 12.0 Å². The molecular formula is C10H17N3. The van der Waals surface area contributed by atoms with Crippen LogP contribution < -0.4 is 5.73 Å². The Labute approximate surface area is 78.9 Å². The lowest BCUT2D eigenvalue weighted by atomic mass is 9.95. The third-order valence-corrected chi connectivity index (χ3v) is 2.68. The van der Waals surface area contributed by atoms with Crippen LogP contribution in [0.3, 0.4) is 0 Å². The lowest BCUT2D eigenvalue weighted by Gasteiger charge is -2.15. The number of nitrogens with zero attached hydrogens (tertiary/aromatic N) is 2. The largest absolute Gasteiger partial charge is 0.323 e. The molecule has 1 aliphatic rings. The maximum Gasteiger partial charge on any atom is 0.0823 e. The van der Waals surface area contributed by atoms with Gasteiger partial charge in [0.1, 0.15) is 0 Å². The maximum atomic E-state index is 5.98. The molecule has 3 nitrogen and oxygen atoms in total. The number of hydrogen-bond acceptors (Lipinski definition) is 2. The van der Waals surface area contributed by atoms with E-state index in [1.54, 1.807) is 0 Å². The molecule has 0 bridgehead atoms. The van der Waals surface area contributed by atoms with Crippen molar-refractivity contribution in [3.8, 4) is 0 Å². The summed E-state index contributed by atoms with van der Waals surface area (Å²) in [5.41, 5.74) is 8.46. The highest BCUT2D eigenvalue weighted by atomic mass is 15.3. The van der Waals surface area contributed by atoms with Gasteiger partial charge < -0.3 is 5.73 Å². The molecule has 1 aromatic heterocycles. The molecule has 0 radical (unpaired) electrons. The van der Waals surface area contributed by atoms with E-state index in [9.17, 15) is 0 Å². The van der Waals surface area contributed by atoms with Crippen LogP contribution in [-0.2, 0) is 6.42 Å². The predicted molar refractivity (Wildman–Crippen MR) is 52.5 cm³/mol. The zero-order chi connectivity index (χ0) is 9.42. The molecule has 0 fully saturated rings. The Bertz CT molecular complexity index is 301. The van der Waals surface area contributed by atoms with Crippen LogP contribution in [0.15, 0.2) is 6.20 Å². The fourth-order valence-corrected chi connectivity index (χ4v) is 1.86. The molecule has 0 saturated carbocycles. The number of hydrogen-bond donors (Lipinski definition) is 1. The molecule has 0 saturated heterocycles. The molecule has 72 valence electrons. The van der Waals surface area contributed by atoms with Crippen LogP contribution in [0, 0.1) is 0 Å². The second-order valence-corrected chi connectivity index (χ2v) is 4.11. The fourth-order valence-electron chi connectivity index (χ4n) is 1.86. The van der Waals surface area contributed by atoms with Crippen molar-refractivity contribution >= 4 is 0 Å². The van der Waals surface area contributed by atoms with Crippen LogP contribution in [0.5, 0.6) is 0 Å². The van der Waals surface area contributed by atoms with Crippen LogP contribution in [-0.4, -0.2) is 9.78 Å². The summed E-state index contributed by atoms with van der Waals surface area (Å²) in [6.07, 6.45) is 5.59. The Hall–Kier alpha value is -0.830. The molecule has 0 spiro atoms. The number of aryl methyl sites for hydroxylation is 1. The first kappa shape index (κ1) is 8.75. The maximum absolute atomic E-state index is 5.98. The zero-order valence-electron chi connectivity index (χ0n) is 8.33. The van der Waals surface area contributed by atoms with Crippen LogP contribution in [0.4, 0.5) is 0 Å². The van der Waals surface area contributed by atoms with E-state index in [0.29, 0.717) is 6.04 Å². The van der Waals surface area contributed by atoms with Crippen molar-refractivity contribution in [3.63, 3.8) is 0 Å².